The first-order chi connectivity index (χ1) is 7.72. The summed E-state index contributed by atoms with van der Waals surface area (Å²) >= 11 is 0. The third-order valence-corrected chi connectivity index (χ3v) is 2.53. The zero-order valence-electron chi connectivity index (χ0n) is 9.56. The Balaban J connectivity index is 2.35. The summed E-state index contributed by atoms with van der Waals surface area (Å²) in [6.45, 7) is 3.96. The molecule has 84 valence electrons. The van der Waals surface area contributed by atoms with Gasteiger partial charge < -0.3 is 9.84 Å². The summed E-state index contributed by atoms with van der Waals surface area (Å²) < 4.78 is 5.18. The average molecular weight is 218 g/mol. The van der Waals surface area contributed by atoms with Gasteiger partial charge in [0.2, 0.25) is 11.7 Å². The van der Waals surface area contributed by atoms with Gasteiger partial charge in [0.15, 0.2) is 0 Å². The lowest BCUT2D eigenvalue weighted by molar-refractivity contribution is 0.347. The van der Waals surface area contributed by atoms with Crippen LogP contribution in [0, 0.1) is 6.92 Å². The summed E-state index contributed by atoms with van der Waals surface area (Å²) in [6, 6.07) is 1.98. The molecule has 1 N–H and O–H groups in total. The number of hydrogen-bond acceptors (Lipinski definition) is 5. The number of nitrogens with zero attached hydrogens (tertiary/aromatic N) is 3. The van der Waals surface area contributed by atoms with Gasteiger partial charge in [0, 0.05) is 18.0 Å². The van der Waals surface area contributed by atoms with Crippen molar-refractivity contribution >= 4 is 0 Å². The summed E-state index contributed by atoms with van der Waals surface area (Å²) in [4.78, 5) is 8.39. The van der Waals surface area contributed by atoms with Crippen LogP contribution in [0.5, 0.6) is 0 Å². The number of aromatic nitrogens is 3. The normalized spacial score (nSPS) is 12.7. The first-order valence-corrected chi connectivity index (χ1v) is 5.14. The highest BCUT2D eigenvalue weighted by molar-refractivity contribution is 5.57. The monoisotopic (exact) mass is 218 g/mol. The molecule has 16 heavy (non-hydrogen) atoms. The van der Waals surface area contributed by atoms with Crippen LogP contribution >= 0.6 is 0 Å². The van der Waals surface area contributed by atoms with Crippen LogP contribution in [-0.4, -0.2) is 22.2 Å². The Morgan fingerprint density at radius 1 is 1.44 bits per heavy atom. The molecule has 0 aliphatic rings. The Morgan fingerprint density at radius 3 is 2.94 bits per heavy atom. The minimum absolute atomic E-state index is 0.0539. The molecular formula is C11H14N4O. The van der Waals surface area contributed by atoms with E-state index in [0.717, 1.165) is 11.1 Å². The quantitative estimate of drug-likeness (QED) is 0.849. The summed E-state index contributed by atoms with van der Waals surface area (Å²) in [5.41, 5.74) is 1.99. The third kappa shape index (κ3) is 1.94. The summed E-state index contributed by atoms with van der Waals surface area (Å²) in [7, 11) is 1.85. The van der Waals surface area contributed by atoms with Crippen molar-refractivity contribution in [3.05, 3.63) is 29.9 Å². The van der Waals surface area contributed by atoms with E-state index in [2.05, 4.69) is 20.4 Å². The van der Waals surface area contributed by atoms with E-state index in [-0.39, 0.29) is 6.04 Å². The van der Waals surface area contributed by atoms with Crippen molar-refractivity contribution in [2.45, 2.75) is 19.9 Å². The van der Waals surface area contributed by atoms with Crippen LogP contribution in [0.1, 0.15) is 24.4 Å². The molecular weight excluding hydrogens is 204 g/mol. The lowest BCUT2D eigenvalue weighted by Gasteiger charge is -2.01. The van der Waals surface area contributed by atoms with Crippen molar-refractivity contribution in [2.24, 2.45) is 0 Å². The Hall–Kier alpha value is -1.75. The fourth-order valence-corrected chi connectivity index (χ4v) is 1.34. The summed E-state index contributed by atoms with van der Waals surface area (Å²) in [5, 5.41) is 7.00. The highest BCUT2D eigenvalue weighted by Crippen LogP contribution is 2.20. The number of rotatable bonds is 3. The first-order valence-electron chi connectivity index (χ1n) is 5.14. The molecule has 0 radical (unpaired) electrons. The second-order valence-electron chi connectivity index (χ2n) is 3.66. The standard InChI is InChI=1S/C11H14N4O/c1-7-4-5-13-6-9(7)10-14-11(16-15-10)8(2)12-3/h4-6,8,12H,1-3H3. The van der Waals surface area contributed by atoms with Crippen molar-refractivity contribution in [1.82, 2.24) is 20.4 Å². The molecule has 0 saturated heterocycles. The van der Waals surface area contributed by atoms with E-state index < -0.39 is 0 Å². The fourth-order valence-electron chi connectivity index (χ4n) is 1.34. The van der Waals surface area contributed by atoms with Gasteiger partial charge in [-0.1, -0.05) is 5.16 Å². The topological polar surface area (TPSA) is 63.8 Å². The van der Waals surface area contributed by atoms with Gasteiger partial charge in [0.1, 0.15) is 0 Å². The minimum Gasteiger partial charge on any atom is -0.337 e. The second kappa shape index (κ2) is 4.40. The predicted molar refractivity (Wildman–Crippen MR) is 59.7 cm³/mol. The largest absolute Gasteiger partial charge is 0.337 e. The van der Waals surface area contributed by atoms with Crippen molar-refractivity contribution < 1.29 is 4.52 Å². The van der Waals surface area contributed by atoms with Crippen molar-refractivity contribution in [2.75, 3.05) is 7.05 Å². The van der Waals surface area contributed by atoms with E-state index in [4.69, 9.17) is 4.52 Å². The highest BCUT2D eigenvalue weighted by atomic mass is 16.5. The third-order valence-electron chi connectivity index (χ3n) is 2.53. The zero-order chi connectivity index (χ0) is 11.5. The SMILES string of the molecule is CNC(C)c1nc(-c2cnccc2C)no1. The van der Waals surface area contributed by atoms with Gasteiger partial charge in [-0.25, -0.2) is 0 Å². The maximum atomic E-state index is 5.18. The molecule has 0 fully saturated rings. The molecule has 0 aliphatic heterocycles. The molecule has 2 rings (SSSR count). The lowest BCUT2D eigenvalue weighted by atomic mass is 10.1. The molecule has 0 spiro atoms. The highest BCUT2D eigenvalue weighted by Gasteiger charge is 2.14. The van der Waals surface area contributed by atoms with Gasteiger partial charge >= 0.3 is 0 Å². The molecule has 1 atom stereocenters. The number of nitrogens with one attached hydrogen (secondary N) is 1. The minimum atomic E-state index is 0.0539. The van der Waals surface area contributed by atoms with Crippen LogP contribution in [0.3, 0.4) is 0 Å². The Kier molecular flexibility index (Phi) is 2.96. The maximum absolute atomic E-state index is 5.18. The van der Waals surface area contributed by atoms with Crippen LogP contribution < -0.4 is 5.32 Å². The molecule has 0 aliphatic carbocycles. The Morgan fingerprint density at radius 2 is 2.25 bits per heavy atom. The van der Waals surface area contributed by atoms with Gasteiger partial charge in [0.05, 0.1) is 6.04 Å². The van der Waals surface area contributed by atoms with Gasteiger partial charge in [-0.3, -0.25) is 4.98 Å². The van der Waals surface area contributed by atoms with Crippen LogP contribution in [0.25, 0.3) is 11.4 Å². The average Bonchev–Trinajstić information content (AvgIpc) is 2.78. The van der Waals surface area contributed by atoms with Crippen LogP contribution in [-0.2, 0) is 0 Å². The van der Waals surface area contributed by atoms with Crippen molar-refractivity contribution in [1.29, 1.82) is 0 Å². The van der Waals surface area contributed by atoms with Crippen molar-refractivity contribution in [3.8, 4) is 11.4 Å². The van der Waals surface area contributed by atoms with E-state index in [9.17, 15) is 0 Å². The zero-order valence-corrected chi connectivity index (χ0v) is 9.56. The van der Waals surface area contributed by atoms with E-state index in [1.54, 1.807) is 12.4 Å². The summed E-state index contributed by atoms with van der Waals surface area (Å²) in [5.74, 6) is 1.17. The Labute approximate surface area is 93.9 Å². The second-order valence-corrected chi connectivity index (χ2v) is 3.66. The lowest BCUT2D eigenvalue weighted by Crippen LogP contribution is -2.12. The molecule has 0 amide bonds. The van der Waals surface area contributed by atoms with Gasteiger partial charge in [0.25, 0.3) is 0 Å². The number of hydrogen-bond donors (Lipinski definition) is 1. The van der Waals surface area contributed by atoms with Gasteiger partial charge in [-0.2, -0.15) is 4.98 Å². The van der Waals surface area contributed by atoms with E-state index in [0.29, 0.717) is 11.7 Å². The van der Waals surface area contributed by atoms with Gasteiger partial charge in [-0.15, -0.1) is 0 Å². The first kappa shape index (κ1) is 10.8. The van der Waals surface area contributed by atoms with Crippen LogP contribution in [0.2, 0.25) is 0 Å². The van der Waals surface area contributed by atoms with E-state index in [1.165, 1.54) is 0 Å². The van der Waals surface area contributed by atoms with Crippen molar-refractivity contribution in [3.63, 3.8) is 0 Å². The van der Waals surface area contributed by atoms with Crippen LogP contribution in [0.15, 0.2) is 23.0 Å². The smallest absolute Gasteiger partial charge is 0.243 e. The summed E-state index contributed by atoms with van der Waals surface area (Å²) in [6.07, 6.45) is 3.49. The van der Waals surface area contributed by atoms with E-state index in [1.807, 2.05) is 27.0 Å². The molecule has 0 bridgehead atoms. The van der Waals surface area contributed by atoms with Crippen LogP contribution in [0.4, 0.5) is 0 Å². The fraction of sp³-hybridized carbons (Fsp3) is 0.364. The molecule has 1 unspecified atom stereocenters. The maximum Gasteiger partial charge on any atom is 0.243 e. The molecule has 2 aromatic heterocycles. The molecule has 5 heteroatoms. The molecule has 2 aromatic rings. The van der Waals surface area contributed by atoms with E-state index >= 15 is 0 Å². The molecule has 0 aromatic carbocycles. The Bertz CT molecular complexity index is 480. The number of aryl methyl sites for hydroxylation is 1. The molecule has 5 nitrogen and oxygen atoms in total. The molecule has 0 saturated carbocycles. The number of pyridine rings is 1. The molecule has 2 heterocycles. The van der Waals surface area contributed by atoms with Gasteiger partial charge in [-0.05, 0) is 32.5 Å². The predicted octanol–water partition coefficient (Wildman–Crippen LogP) is 1.72.